The highest BCUT2D eigenvalue weighted by Crippen LogP contribution is 2.31. The molecule has 0 bridgehead atoms. The molecule has 10 heteroatoms. The lowest BCUT2D eigenvalue weighted by molar-refractivity contribution is -0.137. The molecule has 2 aromatic carbocycles. The van der Waals surface area contributed by atoms with Crippen LogP contribution in [0.4, 0.5) is 13.2 Å². The Morgan fingerprint density at radius 1 is 1.17 bits per heavy atom. The minimum atomic E-state index is -4.58. The van der Waals surface area contributed by atoms with Crippen molar-refractivity contribution in [3.8, 4) is 6.07 Å². The minimum absolute atomic E-state index is 0.356. The van der Waals surface area contributed by atoms with Crippen LogP contribution in [0, 0.1) is 18.3 Å². The van der Waals surface area contributed by atoms with Gasteiger partial charge in [0.1, 0.15) is 6.07 Å². The molecule has 1 aliphatic rings. The van der Waals surface area contributed by atoms with Crippen molar-refractivity contribution in [2.75, 3.05) is 5.75 Å². The molecule has 2 aromatic rings. The fraction of sp³-hybridized carbons (Fsp3) is 0.150. The lowest BCUT2D eigenvalue weighted by Gasteiger charge is -2.09. The average molecular weight is 452 g/mol. The van der Waals surface area contributed by atoms with Gasteiger partial charge in [0, 0.05) is 10.7 Å². The SMILES string of the molecule is Cc1ccccc1/C(C#N)=C1\C=CC\S1=N/OS(=O)(=O)c1ccc(C(F)(F)F)cc1. The number of nitrogens with zero attached hydrogens (tertiary/aromatic N) is 2. The molecule has 0 radical (unpaired) electrons. The van der Waals surface area contributed by atoms with Gasteiger partial charge in [0.2, 0.25) is 0 Å². The maximum atomic E-state index is 12.7. The van der Waals surface area contributed by atoms with Gasteiger partial charge in [0.25, 0.3) is 0 Å². The third-order valence-corrected chi connectivity index (χ3v) is 7.06. The largest absolute Gasteiger partial charge is 0.416 e. The predicted octanol–water partition coefficient (Wildman–Crippen LogP) is 4.94. The molecule has 0 spiro atoms. The van der Waals surface area contributed by atoms with Gasteiger partial charge in [-0.2, -0.15) is 26.9 Å². The zero-order chi connectivity index (χ0) is 21.9. The standard InChI is InChI=1S/C20H15F3N2O3S2/c1-14-5-2-3-6-17(14)18(13-24)19-7-4-12-29(19)25-28-30(26,27)16-10-8-15(9-11-16)20(21,22)23/h2-11H,12H2,1H3/b19-18+. The third-order valence-electron chi connectivity index (χ3n) is 4.24. The van der Waals surface area contributed by atoms with Crippen LogP contribution >= 0.6 is 0 Å². The van der Waals surface area contributed by atoms with Crippen molar-refractivity contribution in [2.45, 2.75) is 18.0 Å². The highest BCUT2D eigenvalue weighted by molar-refractivity contribution is 7.92. The normalized spacial score (nSPS) is 18.4. The zero-order valence-electron chi connectivity index (χ0n) is 15.6. The number of hydrogen-bond donors (Lipinski definition) is 0. The van der Waals surface area contributed by atoms with Crippen molar-refractivity contribution >= 4 is 26.4 Å². The molecular weight excluding hydrogens is 437 g/mol. The van der Waals surface area contributed by atoms with E-state index < -0.39 is 37.4 Å². The lowest BCUT2D eigenvalue weighted by Crippen LogP contribution is -2.07. The van der Waals surface area contributed by atoms with Gasteiger partial charge < -0.3 is 0 Å². The number of benzene rings is 2. The number of nitriles is 1. The van der Waals surface area contributed by atoms with Gasteiger partial charge in [-0.3, -0.25) is 0 Å². The van der Waals surface area contributed by atoms with Crippen LogP contribution in [-0.4, -0.2) is 14.2 Å². The summed E-state index contributed by atoms with van der Waals surface area (Å²) in [5.41, 5.74) is 0.982. The summed E-state index contributed by atoms with van der Waals surface area (Å²) in [7, 11) is -5.45. The molecule has 0 saturated carbocycles. The average Bonchev–Trinajstić information content (AvgIpc) is 3.16. The molecule has 1 aliphatic heterocycles. The molecule has 0 fully saturated rings. The highest BCUT2D eigenvalue weighted by Gasteiger charge is 2.31. The summed E-state index contributed by atoms with van der Waals surface area (Å²) in [6, 6.07) is 12.4. The van der Waals surface area contributed by atoms with E-state index in [9.17, 15) is 26.9 Å². The molecule has 156 valence electrons. The van der Waals surface area contributed by atoms with Crippen molar-refractivity contribution in [1.29, 1.82) is 5.26 Å². The summed E-state index contributed by atoms with van der Waals surface area (Å²) in [5, 5.41) is 9.65. The van der Waals surface area contributed by atoms with Gasteiger partial charge in [-0.05, 0) is 59.1 Å². The second-order valence-corrected chi connectivity index (χ2v) is 9.41. The van der Waals surface area contributed by atoms with Crippen molar-refractivity contribution in [3.63, 3.8) is 0 Å². The summed E-state index contributed by atoms with van der Waals surface area (Å²) in [4.78, 5) is 0.0920. The third kappa shape index (κ3) is 4.70. The van der Waals surface area contributed by atoms with E-state index in [-0.39, 0.29) is 0 Å². The second kappa shape index (κ2) is 8.55. The van der Waals surface area contributed by atoms with Gasteiger partial charge in [0.05, 0.1) is 16.0 Å². The van der Waals surface area contributed by atoms with Crippen LogP contribution in [0.2, 0.25) is 0 Å². The molecular formula is C20H15F3N2O3S2. The molecule has 0 amide bonds. The summed E-state index contributed by atoms with van der Waals surface area (Å²) < 4.78 is 71.2. The van der Waals surface area contributed by atoms with Crippen LogP contribution in [0.5, 0.6) is 0 Å². The minimum Gasteiger partial charge on any atom is -0.192 e. The quantitative estimate of drug-likeness (QED) is 0.486. The van der Waals surface area contributed by atoms with Crippen LogP contribution < -0.4 is 0 Å². The molecule has 0 aromatic heterocycles. The topological polar surface area (TPSA) is 79.5 Å². The van der Waals surface area contributed by atoms with Gasteiger partial charge in [0.15, 0.2) is 0 Å². The summed E-state index contributed by atoms with van der Waals surface area (Å²) >= 11 is 0. The number of alkyl halides is 3. The van der Waals surface area contributed by atoms with E-state index in [0.717, 1.165) is 17.7 Å². The summed E-state index contributed by atoms with van der Waals surface area (Å²) in [6.07, 6.45) is -1.12. The van der Waals surface area contributed by atoms with E-state index in [2.05, 4.69) is 10.6 Å². The van der Waals surface area contributed by atoms with E-state index >= 15 is 0 Å². The molecule has 30 heavy (non-hydrogen) atoms. The Morgan fingerprint density at radius 2 is 1.83 bits per heavy atom. The van der Waals surface area contributed by atoms with Crippen LogP contribution in [0.15, 0.2) is 75.0 Å². The molecule has 3 rings (SSSR count). The maximum absolute atomic E-state index is 12.7. The van der Waals surface area contributed by atoms with Crippen LogP contribution in [0.3, 0.4) is 0 Å². The first-order valence-corrected chi connectivity index (χ1v) is 11.3. The van der Waals surface area contributed by atoms with Gasteiger partial charge in [-0.1, -0.05) is 34.9 Å². The van der Waals surface area contributed by atoms with Gasteiger partial charge >= 0.3 is 16.3 Å². The van der Waals surface area contributed by atoms with Crippen molar-refractivity contribution in [1.82, 2.24) is 0 Å². The maximum Gasteiger partial charge on any atom is 0.416 e. The van der Waals surface area contributed by atoms with E-state index in [1.807, 2.05) is 19.1 Å². The Hall–Kier alpha value is -2.74. The van der Waals surface area contributed by atoms with E-state index in [4.69, 9.17) is 4.28 Å². The van der Waals surface area contributed by atoms with Crippen LogP contribution in [0.25, 0.3) is 5.57 Å². The Bertz CT molecular complexity index is 1210. The molecule has 0 N–H and O–H groups in total. The Balaban J connectivity index is 1.91. The first-order valence-electron chi connectivity index (χ1n) is 8.53. The van der Waals surface area contributed by atoms with Crippen molar-refractivity contribution < 1.29 is 25.9 Å². The fourth-order valence-electron chi connectivity index (χ4n) is 2.72. The van der Waals surface area contributed by atoms with Crippen LogP contribution in [-0.2, 0) is 31.3 Å². The van der Waals surface area contributed by atoms with E-state index in [1.165, 1.54) is 0 Å². The number of halogens is 3. The number of hydrogen-bond acceptors (Lipinski definition) is 5. The molecule has 5 nitrogen and oxygen atoms in total. The Kier molecular flexibility index (Phi) is 6.26. The van der Waals surface area contributed by atoms with Gasteiger partial charge in [-0.15, -0.1) is 4.28 Å². The summed E-state index contributed by atoms with van der Waals surface area (Å²) in [5.74, 6) is 0.356. The highest BCUT2D eigenvalue weighted by atomic mass is 32.2. The predicted molar refractivity (Wildman–Crippen MR) is 107 cm³/mol. The first-order chi connectivity index (χ1) is 14.1. The number of allylic oxidation sites excluding steroid dienone is 2. The second-order valence-electron chi connectivity index (χ2n) is 6.23. The first kappa shape index (κ1) is 22.0. The van der Waals surface area contributed by atoms with E-state index in [0.29, 0.717) is 33.9 Å². The lowest BCUT2D eigenvalue weighted by atomic mass is 10.0. The monoisotopic (exact) mass is 452 g/mol. The number of rotatable bonds is 4. The number of aryl methyl sites for hydroxylation is 1. The molecule has 1 unspecified atom stereocenters. The molecule has 1 heterocycles. The molecule has 1 atom stereocenters. The van der Waals surface area contributed by atoms with Crippen molar-refractivity contribution in [2.24, 2.45) is 4.53 Å². The molecule has 0 saturated heterocycles. The Labute approximate surface area is 174 Å². The molecule has 0 aliphatic carbocycles. The van der Waals surface area contributed by atoms with E-state index in [1.54, 1.807) is 24.3 Å². The summed E-state index contributed by atoms with van der Waals surface area (Å²) in [6.45, 7) is 1.85. The van der Waals surface area contributed by atoms with Crippen molar-refractivity contribution in [3.05, 3.63) is 82.3 Å². The zero-order valence-corrected chi connectivity index (χ0v) is 17.2. The van der Waals surface area contributed by atoms with Gasteiger partial charge in [-0.25, -0.2) is 0 Å². The fourth-order valence-corrected chi connectivity index (χ4v) is 5.13. The Morgan fingerprint density at radius 3 is 2.43 bits per heavy atom. The smallest absolute Gasteiger partial charge is 0.192 e. The van der Waals surface area contributed by atoms with Crippen LogP contribution in [0.1, 0.15) is 16.7 Å².